The molecule has 0 spiro atoms. The molecule has 0 radical (unpaired) electrons. The van der Waals surface area contributed by atoms with E-state index in [1.54, 1.807) is 32.4 Å². The summed E-state index contributed by atoms with van der Waals surface area (Å²) in [5.74, 6) is 0.999. The molecule has 104 valence electrons. The number of nitrogens with one attached hydrogen (secondary N) is 2. The summed E-state index contributed by atoms with van der Waals surface area (Å²) in [4.78, 5) is 12.0. The van der Waals surface area contributed by atoms with Crippen molar-refractivity contribution < 1.29 is 19.4 Å². The standard InChI is InChI=1S/C13H18N2O4/c1-18-11-4-3-8(5-12(11)19-2)15-13(17)10-6-9(16)7-14-10/h3-5,9-10,14,16H,6-7H2,1-2H3,(H,15,17). The van der Waals surface area contributed by atoms with Gasteiger partial charge in [-0.25, -0.2) is 0 Å². The third-order valence-corrected chi connectivity index (χ3v) is 3.08. The van der Waals surface area contributed by atoms with Crippen molar-refractivity contribution in [2.24, 2.45) is 0 Å². The van der Waals surface area contributed by atoms with E-state index in [0.29, 0.717) is 30.2 Å². The molecular weight excluding hydrogens is 248 g/mol. The van der Waals surface area contributed by atoms with E-state index in [4.69, 9.17) is 9.47 Å². The van der Waals surface area contributed by atoms with Crippen LogP contribution in [-0.2, 0) is 4.79 Å². The average Bonchev–Trinajstić information content (AvgIpc) is 2.85. The lowest BCUT2D eigenvalue weighted by Gasteiger charge is -2.13. The molecule has 1 aromatic carbocycles. The van der Waals surface area contributed by atoms with Crippen LogP contribution in [0.5, 0.6) is 11.5 Å². The summed E-state index contributed by atoms with van der Waals surface area (Å²) in [5.41, 5.74) is 0.630. The molecule has 6 nitrogen and oxygen atoms in total. The van der Waals surface area contributed by atoms with E-state index in [0.717, 1.165) is 0 Å². The molecule has 1 saturated heterocycles. The summed E-state index contributed by atoms with van der Waals surface area (Å²) in [6, 6.07) is 4.81. The summed E-state index contributed by atoms with van der Waals surface area (Å²) < 4.78 is 10.3. The van der Waals surface area contributed by atoms with E-state index < -0.39 is 6.10 Å². The van der Waals surface area contributed by atoms with Gasteiger partial charge in [0.25, 0.3) is 0 Å². The van der Waals surface area contributed by atoms with Crippen molar-refractivity contribution in [3.05, 3.63) is 18.2 Å². The van der Waals surface area contributed by atoms with Crippen LogP contribution >= 0.6 is 0 Å². The number of amides is 1. The molecule has 1 heterocycles. The van der Waals surface area contributed by atoms with E-state index in [1.165, 1.54) is 0 Å². The molecule has 3 N–H and O–H groups in total. The highest BCUT2D eigenvalue weighted by Crippen LogP contribution is 2.29. The largest absolute Gasteiger partial charge is 0.493 e. The Morgan fingerprint density at radius 1 is 1.37 bits per heavy atom. The van der Waals surface area contributed by atoms with Crippen molar-refractivity contribution in [1.29, 1.82) is 0 Å². The monoisotopic (exact) mass is 266 g/mol. The molecule has 1 fully saturated rings. The molecule has 19 heavy (non-hydrogen) atoms. The zero-order valence-corrected chi connectivity index (χ0v) is 11.0. The number of aliphatic hydroxyl groups is 1. The molecule has 0 aromatic heterocycles. The van der Waals surface area contributed by atoms with Gasteiger partial charge in [-0.15, -0.1) is 0 Å². The third-order valence-electron chi connectivity index (χ3n) is 3.08. The fraction of sp³-hybridized carbons (Fsp3) is 0.462. The average molecular weight is 266 g/mol. The summed E-state index contributed by atoms with van der Waals surface area (Å²) in [7, 11) is 3.10. The first-order valence-corrected chi connectivity index (χ1v) is 6.08. The molecule has 2 atom stereocenters. The fourth-order valence-corrected chi connectivity index (χ4v) is 2.06. The van der Waals surface area contributed by atoms with Gasteiger partial charge in [-0.1, -0.05) is 0 Å². The summed E-state index contributed by atoms with van der Waals surface area (Å²) in [5, 5.41) is 15.1. The second kappa shape index (κ2) is 5.90. The number of hydrogen-bond donors (Lipinski definition) is 3. The minimum atomic E-state index is -0.457. The van der Waals surface area contributed by atoms with E-state index in [2.05, 4.69) is 10.6 Å². The quantitative estimate of drug-likeness (QED) is 0.733. The zero-order chi connectivity index (χ0) is 13.8. The van der Waals surface area contributed by atoms with Crippen molar-refractivity contribution in [3.63, 3.8) is 0 Å². The van der Waals surface area contributed by atoms with E-state index in [9.17, 15) is 9.90 Å². The van der Waals surface area contributed by atoms with Gasteiger partial charge in [-0.3, -0.25) is 4.79 Å². The van der Waals surface area contributed by atoms with E-state index in [-0.39, 0.29) is 11.9 Å². The first kappa shape index (κ1) is 13.6. The topological polar surface area (TPSA) is 79.8 Å². The number of methoxy groups -OCH3 is 2. The smallest absolute Gasteiger partial charge is 0.241 e. The Morgan fingerprint density at radius 2 is 2.11 bits per heavy atom. The van der Waals surface area contributed by atoms with Gasteiger partial charge in [0.2, 0.25) is 5.91 Å². The highest BCUT2D eigenvalue weighted by Gasteiger charge is 2.28. The maximum atomic E-state index is 12.0. The highest BCUT2D eigenvalue weighted by atomic mass is 16.5. The molecule has 6 heteroatoms. The minimum Gasteiger partial charge on any atom is -0.493 e. The number of carbonyl (C=O) groups is 1. The first-order chi connectivity index (χ1) is 9.13. The number of rotatable bonds is 4. The van der Waals surface area contributed by atoms with Crippen LogP contribution in [0.4, 0.5) is 5.69 Å². The lowest BCUT2D eigenvalue weighted by Crippen LogP contribution is -2.35. The Bertz CT molecular complexity index is 464. The van der Waals surface area contributed by atoms with Crippen LogP contribution in [0.1, 0.15) is 6.42 Å². The molecule has 0 bridgehead atoms. The maximum absolute atomic E-state index is 12.0. The summed E-state index contributed by atoms with van der Waals surface area (Å²) in [6.07, 6.45) is -0.0276. The van der Waals surface area contributed by atoms with Gasteiger partial charge in [0.1, 0.15) is 0 Å². The number of β-amino-alcohol motifs (C(OH)–C–C–N with tert-alkyl or cyclic N) is 1. The van der Waals surface area contributed by atoms with Crippen LogP contribution < -0.4 is 20.1 Å². The van der Waals surface area contributed by atoms with Gasteiger partial charge < -0.3 is 25.2 Å². The maximum Gasteiger partial charge on any atom is 0.241 e. The van der Waals surface area contributed by atoms with Crippen LogP contribution in [0.3, 0.4) is 0 Å². The molecule has 0 aliphatic carbocycles. The zero-order valence-electron chi connectivity index (χ0n) is 11.0. The van der Waals surface area contributed by atoms with Crippen molar-refractivity contribution in [1.82, 2.24) is 5.32 Å². The van der Waals surface area contributed by atoms with Crippen LogP contribution in [0.15, 0.2) is 18.2 Å². The third kappa shape index (κ3) is 3.15. The van der Waals surface area contributed by atoms with Crippen molar-refractivity contribution >= 4 is 11.6 Å². The van der Waals surface area contributed by atoms with Gasteiger partial charge in [0.15, 0.2) is 11.5 Å². The molecule has 1 aliphatic rings. The van der Waals surface area contributed by atoms with E-state index >= 15 is 0 Å². The van der Waals surface area contributed by atoms with Gasteiger partial charge in [0.05, 0.1) is 26.4 Å². The van der Waals surface area contributed by atoms with Crippen molar-refractivity contribution in [2.75, 3.05) is 26.1 Å². The van der Waals surface area contributed by atoms with Crippen LogP contribution in [-0.4, -0.2) is 43.9 Å². The van der Waals surface area contributed by atoms with Crippen molar-refractivity contribution in [2.45, 2.75) is 18.6 Å². The Morgan fingerprint density at radius 3 is 2.68 bits per heavy atom. The second-order valence-corrected chi connectivity index (χ2v) is 4.41. The Hall–Kier alpha value is -1.79. The number of ether oxygens (including phenoxy) is 2. The van der Waals surface area contributed by atoms with Gasteiger partial charge in [-0.05, 0) is 18.6 Å². The number of hydrogen-bond acceptors (Lipinski definition) is 5. The Kier molecular flexibility index (Phi) is 4.24. The number of carbonyl (C=O) groups excluding carboxylic acids is 1. The fourth-order valence-electron chi connectivity index (χ4n) is 2.06. The molecule has 1 aliphatic heterocycles. The second-order valence-electron chi connectivity index (χ2n) is 4.41. The predicted octanol–water partition coefficient (Wildman–Crippen LogP) is 0.365. The predicted molar refractivity (Wildman–Crippen MR) is 70.6 cm³/mol. The number of benzene rings is 1. The van der Waals surface area contributed by atoms with Crippen LogP contribution in [0.25, 0.3) is 0 Å². The molecule has 1 amide bonds. The van der Waals surface area contributed by atoms with Gasteiger partial charge in [-0.2, -0.15) is 0 Å². The first-order valence-electron chi connectivity index (χ1n) is 6.08. The lowest BCUT2D eigenvalue weighted by atomic mass is 10.2. The Balaban J connectivity index is 2.04. The SMILES string of the molecule is COc1ccc(NC(=O)C2CC(O)CN2)cc1OC. The van der Waals surface area contributed by atoms with Gasteiger partial charge in [0, 0.05) is 18.3 Å². The van der Waals surface area contributed by atoms with Crippen LogP contribution in [0, 0.1) is 0 Å². The number of anilines is 1. The lowest BCUT2D eigenvalue weighted by molar-refractivity contribution is -0.117. The molecular formula is C13H18N2O4. The molecule has 0 saturated carbocycles. The molecule has 2 unspecified atom stereocenters. The normalized spacial score (nSPS) is 22.1. The molecule has 1 aromatic rings. The van der Waals surface area contributed by atoms with E-state index in [1.807, 2.05) is 0 Å². The summed E-state index contributed by atoms with van der Waals surface area (Å²) in [6.45, 7) is 0.448. The summed E-state index contributed by atoms with van der Waals surface area (Å²) >= 11 is 0. The number of aliphatic hydroxyl groups excluding tert-OH is 1. The van der Waals surface area contributed by atoms with Crippen molar-refractivity contribution in [3.8, 4) is 11.5 Å². The highest BCUT2D eigenvalue weighted by molar-refractivity contribution is 5.95. The Labute approximate surface area is 111 Å². The van der Waals surface area contributed by atoms with Gasteiger partial charge >= 0.3 is 0 Å². The van der Waals surface area contributed by atoms with Crippen LogP contribution in [0.2, 0.25) is 0 Å². The molecule has 2 rings (SSSR count). The minimum absolute atomic E-state index is 0.163.